The summed E-state index contributed by atoms with van der Waals surface area (Å²) < 4.78 is 18.8. The average Bonchev–Trinajstić information content (AvgIpc) is 2.95. The van der Waals surface area contributed by atoms with Crippen LogP contribution in [0.4, 0.5) is 0 Å². The van der Waals surface area contributed by atoms with Crippen molar-refractivity contribution < 1.29 is 119 Å². The molecule has 0 aromatic heterocycles. The molecule has 46 heavy (non-hydrogen) atoms. The fourth-order valence-corrected chi connectivity index (χ4v) is 3.29. The van der Waals surface area contributed by atoms with Gasteiger partial charge in [0.2, 0.25) is 0 Å². The Morgan fingerprint density at radius 2 is 1.22 bits per heavy atom. The topological polar surface area (TPSA) is 310 Å². The van der Waals surface area contributed by atoms with Gasteiger partial charge in [0, 0.05) is 5.56 Å². The van der Waals surface area contributed by atoms with E-state index < -0.39 is 23.9 Å². The molecule has 0 spiro atoms. The molecular weight excluding hydrogens is 635 g/mol. The maximum atomic E-state index is 12.1. The number of ether oxygens (including phenoxy) is 4. The number of esters is 2. The predicted molar refractivity (Wildman–Crippen MR) is 144 cm³/mol. The van der Waals surface area contributed by atoms with Crippen LogP contribution in [0.5, 0.6) is 0 Å². The van der Waals surface area contributed by atoms with Crippen molar-refractivity contribution in [1.29, 1.82) is 0 Å². The number of methoxy groups -OCH3 is 2. The number of carboxylic acid groups (broad SMARTS) is 2. The smallest absolute Gasteiger partial charge is 0.870 e. The average molecular weight is 668 g/mol. The van der Waals surface area contributed by atoms with E-state index in [0.29, 0.717) is 16.7 Å². The van der Waals surface area contributed by atoms with Gasteiger partial charge in [-0.05, 0) is 36.6 Å². The Labute approximate surface area is 285 Å². The van der Waals surface area contributed by atoms with Crippen molar-refractivity contribution in [3.8, 4) is 0 Å². The van der Waals surface area contributed by atoms with Crippen LogP contribution in [0.3, 0.4) is 0 Å². The third-order valence-electron chi connectivity index (χ3n) is 4.82. The van der Waals surface area contributed by atoms with E-state index >= 15 is 0 Å². The molecule has 0 saturated carbocycles. The van der Waals surface area contributed by atoms with E-state index in [0.717, 1.165) is 7.11 Å². The molecule has 0 aliphatic rings. The molecule has 0 radical (unpaired) electrons. The fourth-order valence-electron chi connectivity index (χ4n) is 3.29. The third kappa shape index (κ3) is 17.3. The molecule has 0 aliphatic heterocycles. The Morgan fingerprint density at radius 3 is 1.59 bits per heavy atom. The van der Waals surface area contributed by atoms with Crippen LogP contribution in [0.15, 0.2) is 24.3 Å². The van der Waals surface area contributed by atoms with E-state index in [9.17, 15) is 28.8 Å². The summed E-state index contributed by atoms with van der Waals surface area (Å²) in [6, 6.07) is 5.91. The van der Waals surface area contributed by atoms with Gasteiger partial charge in [0.1, 0.15) is 13.2 Å². The van der Waals surface area contributed by atoms with E-state index in [1.54, 1.807) is 26.0 Å². The Balaban J connectivity index is -0.000000115. The van der Waals surface area contributed by atoms with Crippen LogP contribution >= 0.6 is 0 Å². The number of hydrogen-bond acceptors (Lipinski definition) is 15. The van der Waals surface area contributed by atoms with E-state index in [1.165, 1.54) is 19.2 Å². The van der Waals surface area contributed by atoms with Crippen LogP contribution in [0.2, 0.25) is 0 Å². The summed E-state index contributed by atoms with van der Waals surface area (Å²) in [5.74, 6) is -3.97. The van der Waals surface area contributed by atoms with Gasteiger partial charge in [0.05, 0.1) is 36.5 Å². The van der Waals surface area contributed by atoms with E-state index in [2.05, 4.69) is 4.74 Å². The Kier molecular flexibility index (Phi) is 34.9. The molecule has 0 fully saturated rings. The molecule has 0 atom stereocenters. The summed E-state index contributed by atoms with van der Waals surface area (Å²) in [5, 5.41) is 17.4. The molecule has 0 saturated heterocycles. The number of carbonyl (C=O) groups is 6. The van der Waals surface area contributed by atoms with Gasteiger partial charge < -0.3 is 40.1 Å². The number of rotatable bonds is 10. The van der Waals surface area contributed by atoms with Crippen molar-refractivity contribution in [1.82, 2.24) is 0 Å². The van der Waals surface area contributed by atoms with Gasteiger partial charge in [-0.25, -0.2) is 19.2 Å². The van der Waals surface area contributed by atoms with Gasteiger partial charge in [0.25, 0.3) is 12.9 Å². The monoisotopic (exact) mass is 667 g/mol. The summed E-state index contributed by atoms with van der Waals surface area (Å²) in [4.78, 5) is 98.8. The number of carboxylic acids is 2. The van der Waals surface area contributed by atoms with Crippen LogP contribution in [-0.4, -0.2) is 84.5 Å². The van der Waals surface area contributed by atoms with E-state index in [4.69, 9.17) is 43.6 Å². The molecule has 19 heteroatoms. The van der Waals surface area contributed by atoms with Gasteiger partial charge in [-0.3, -0.25) is 9.59 Å². The number of aromatic carboxylic acids is 2. The first-order valence-electron chi connectivity index (χ1n) is 10.9. The van der Waals surface area contributed by atoms with Crippen LogP contribution < -0.4 is 29.6 Å². The number of hydrogen-bond donors (Lipinski definition) is 2. The van der Waals surface area contributed by atoms with Gasteiger partial charge in [-0.15, -0.1) is 0 Å². The SMILES string of the molecule is C.COC(=O)c1c(C)cc(COC=O)c(COC=O)c1C(=O)OC.Cc1cccc(C(=O)O)c1C(=O)O.O.O=C=O.O=C=O.[H+].[Na+].[OH-]. The van der Waals surface area contributed by atoms with Gasteiger partial charge >= 0.3 is 67.2 Å². The molecule has 5 N–H and O–H groups in total. The van der Waals surface area contributed by atoms with Crippen molar-refractivity contribution >= 4 is 49.1 Å². The minimum atomic E-state index is -1.22. The Hall–Kier alpha value is -5.06. The molecule has 0 bridgehead atoms. The van der Waals surface area contributed by atoms with Gasteiger partial charge in [0.15, 0.2) is 0 Å². The maximum absolute atomic E-state index is 12.1. The molecule has 18 nitrogen and oxygen atoms in total. The molecular formula is C27H32NaO18+. The van der Waals surface area contributed by atoms with Crippen LogP contribution in [-0.2, 0) is 60.9 Å². The Morgan fingerprint density at radius 1 is 0.783 bits per heavy atom. The first-order chi connectivity index (χ1) is 19.9. The standard InChI is InChI=1S/C15H16O8.C9H8O4.2CO2.CH4.Na.2H2O/c1-9-4-10(5-22-7-16)11(6-23-8-17)13(15(19)21-3)12(9)14(18)20-2;1-5-3-2-4-6(8(10)11)7(5)9(12)13;2*2-1-3;;;;/h4,7-8H,5-6H2,1-3H3;2-4H,1H3,(H,10,11)(H,12,13);;;1H4;;2*1H2/q;;;;;+1;;. The molecule has 248 valence electrons. The largest absolute Gasteiger partial charge is 1.00 e. The first-order valence-corrected chi connectivity index (χ1v) is 10.9. The zero-order valence-electron chi connectivity index (χ0n) is 25.4. The van der Waals surface area contributed by atoms with Crippen molar-refractivity contribution in [2.45, 2.75) is 34.5 Å². The van der Waals surface area contributed by atoms with Crippen molar-refractivity contribution in [2.24, 2.45) is 0 Å². The first kappa shape index (κ1) is 53.5. The summed E-state index contributed by atoms with van der Waals surface area (Å²) in [7, 11) is 2.32. The summed E-state index contributed by atoms with van der Waals surface area (Å²) >= 11 is 0. The minimum absolute atomic E-state index is 0. The second kappa shape index (κ2) is 30.0. The van der Waals surface area contributed by atoms with Crippen molar-refractivity contribution in [2.75, 3.05) is 14.2 Å². The van der Waals surface area contributed by atoms with Gasteiger partial charge in [-0.1, -0.05) is 25.6 Å². The number of carbonyl (C=O) groups excluding carboxylic acids is 8. The van der Waals surface area contributed by atoms with Crippen LogP contribution in [0.25, 0.3) is 0 Å². The van der Waals surface area contributed by atoms with E-state index in [1.807, 2.05) is 0 Å². The van der Waals surface area contributed by atoms with Crippen LogP contribution in [0.1, 0.15) is 72.5 Å². The minimum Gasteiger partial charge on any atom is -0.870 e. The van der Waals surface area contributed by atoms with E-state index in [-0.39, 0.29) is 116 Å². The quantitative estimate of drug-likeness (QED) is 0.118. The number of benzene rings is 2. The second-order valence-electron chi connectivity index (χ2n) is 7.15. The zero-order valence-corrected chi connectivity index (χ0v) is 26.4. The molecule has 0 amide bonds. The molecule has 0 heterocycles. The summed E-state index contributed by atoms with van der Waals surface area (Å²) in [6.45, 7) is 3.14. The van der Waals surface area contributed by atoms with Gasteiger partial charge in [-0.2, -0.15) is 19.2 Å². The fraction of sp³-hybridized carbons (Fsp3) is 0.259. The van der Waals surface area contributed by atoms with Crippen LogP contribution in [0, 0.1) is 13.8 Å². The molecule has 2 rings (SSSR count). The van der Waals surface area contributed by atoms with Crippen molar-refractivity contribution in [3.05, 3.63) is 68.8 Å². The molecule has 2 aromatic carbocycles. The maximum Gasteiger partial charge on any atom is 1.00 e. The predicted octanol–water partition coefficient (Wildman–Crippen LogP) is -2.11. The Bertz CT molecular complexity index is 1350. The summed E-state index contributed by atoms with van der Waals surface area (Å²) in [6.07, 6.45) is 0.500. The summed E-state index contributed by atoms with van der Waals surface area (Å²) in [5.41, 5.74) is 1.08. The second-order valence-corrected chi connectivity index (χ2v) is 7.15. The third-order valence-corrected chi connectivity index (χ3v) is 4.82. The molecule has 0 aliphatic carbocycles. The number of aryl methyl sites for hydroxylation is 2. The normalized spacial score (nSPS) is 7.91. The molecule has 2 aromatic rings. The zero-order chi connectivity index (χ0) is 32.8. The van der Waals surface area contributed by atoms with Crippen molar-refractivity contribution in [3.63, 3.8) is 0 Å². The molecule has 0 unspecified atom stereocenters.